The zero-order chi connectivity index (χ0) is 14.4. The predicted octanol–water partition coefficient (Wildman–Crippen LogP) is 2.18. The van der Waals surface area contributed by atoms with E-state index in [9.17, 15) is 4.79 Å². The minimum atomic E-state index is -0.0151. The van der Waals surface area contributed by atoms with Gasteiger partial charge in [0.1, 0.15) is 0 Å². The molecule has 0 fully saturated rings. The van der Waals surface area contributed by atoms with Crippen molar-refractivity contribution in [3.63, 3.8) is 0 Å². The van der Waals surface area contributed by atoms with Gasteiger partial charge < -0.3 is 15.7 Å². The van der Waals surface area contributed by atoms with Gasteiger partial charge in [0, 0.05) is 30.9 Å². The van der Waals surface area contributed by atoms with E-state index in [2.05, 4.69) is 17.6 Å². The summed E-state index contributed by atoms with van der Waals surface area (Å²) >= 11 is 0. The molecule has 1 aliphatic heterocycles. The van der Waals surface area contributed by atoms with Crippen molar-refractivity contribution in [2.24, 2.45) is 5.92 Å². The fourth-order valence-corrected chi connectivity index (χ4v) is 2.72. The van der Waals surface area contributed by atoms with Crippen molar-refractivity contribution < 1.29 is 9.90 Å². The third-order valence-corrected chi connectivity index (χ3v) is 3.86. The van der Waals surface area contributed by atoms with E-state index in [1.807, 2.05) is 18.2 Å². The Balaban J connectivity index is 1.91. The van der Waals surface area contributed by atoms with Crippen LogP contribution in [-0.2, 0) is 6.42 Å². The van der Waals surface area contributed by atoms with E-state index in [4.69, 9.17) is 5.11 Å². The Morgan fingerprint density at radius 3 is 3.05 bits per heavy atom. The smallest absolute Gasteiger partial charge is 0.251 e. The average molecular weight is 276 g/mol. The monoisotopic (exact) mass is 276 g/mol. The van der Waals surface area contributed by atoms with E-state index in [0.29, 0.717) is 12.5 Å². The van der Waals surface area contributed by atoms with Crippen molar-refractivity contribution in [3.05, 3.63) is 29.3 Å². The van der Waals surface area contributed by atoms with Crippen LogP contribution in [0.4, 0.5) is 5.69 Å². The number of rotatable bonds is 7. The minimum absolute atomic E-state index is 0.0151. The first-order chi connectivity index (χ1) is 9.74. The van der Waals surface area contributed by atoms with Gasteiger partial charge in [-0.2, -0.15) is 0 Å². The lowest BCUT2D eigenvalue weighted by atomic mass is 10.00. The van der Waals surface area contributed by atoms with Gasteiger partial charge in [0.05, 0.1) is 0 Å². The SMILES string of the molecule is CCCC(CCO)CNC(=O)c1ccc2c(c1)CCN2. The van der Waals surface area contributed by atoms with Crippen LogP contribution in [0, 0.1) is 5.92 Å². The number of aliphatic hydroxyl groups excluding tert-OH is 1. The lowest BCUT2D eigenvalue weighted by Crippen LogP contribution is -2.29. The molecule has 1 aromatic rings. The number of carbonyl (C=O) groups is 1. The Morgan fingerprint density at radius 2 is 2.30 bits per heavy atom. The molecule has 1 aromatic carbocycles. The summed E-state index contributed by atoms with van der Waals surface area (Å²) < 4.78 is 0. The highest BCUT2D eigenvalue weighted by atomic mass is 16.3. The molecule has 4 nitrogen and oxygen atoms in total. The summed E-state index contributed by atoms with van der Waals surface area (Å²) in [5.74, 6) is 0.351. The molecule has 110 valence electrons. The first-order valence-electron chi connectivity index (χ1n) is 7.50. The molecule has 20 heavy (non-hydrogen) atoms. The molecule has 0 aliphatic carbocycles. The van der Waals surface area contributed by atoms with Gasteiger partial charge in [-0.1, -0.05) is 13.3 Å². The van der Waals surface area contributed by atoms with E-state index in [1.54, 1.807) is 0 Å². The summed E-state index contributed by atoms with van der Waals surface area (Å²) in [5.41, 5.74) is 3.09. The molecule has 0 bridgehead atoms. The van der Waals surface area contributed by atoms with Gasteiger partial charge >= 0.3 is 0 Å². The van der Waals surface area contributed by atoms with Crippen molar-refractivity contribution >= 4 is 11.6 Å². The Kier molecular flexibility index (Phi) is 5.41. The van der Waals surface area contributed by atoms with Crippen LogP contribution in [0.1, 0.15) is 42.1 Å². The lowest BCUT2D eigenvalue weighted by Gasteiger charge is -2.15. The third kappa shape index (κ3) is 3.73. The van der Waals surface area contributed by atoms with Crippen molar-refractivity contribution in [2.45, 2.75) is 32.6 Å². The molecule has 1 amide bonds. The number of amides is 1. The summed E-state index contributed by atoms with van der Waals surface area (Å²) in [4.78, 5) is 12.2. The third-order valence-electron chi connectivity index (χ3n) is 3.86. The van der Waals surface area contributed by atoms with Crippen LogP contribution in [-0.4, -0.2) is 30.7 Å². The van der Waals surface area contributed by atoms with E-state index < -0.39 is 0 Å². The maximum absolute atomic E-state index is 12.2. The predicted molar refractivity (Wildman–Crippen MR) is 81.1 cm³/mol. The first-order valence-corrected chi connectivity index (χ1v) is 7.50. The number of benzene rings is 1. The van der Waals surface area contributed by atoms with Gasteiger partial charge in [0.15, 0.2) is 0 Å². The Bertz CT molecular complexity index is 454. The Labute approximate surface area is 120 Å². The molecule has 0 spiro atoms. The van der Waals surface area contributed by atoms with Crippen LogP contribution in [0.5, 0.6) is 0 Å². The standard InChI is InChI=1S/C16H24N2O2/c1-2-3-12(7-9-19)11-18-16(20)14-4-5-15-13(10-14)6-8-17-15/h4-5,10,12,17,19H,2-3,6-9,11H2,1H3,(H,18,20). The molecule has 0 radical (unpaired) electrons. The van der Waals surface area contributed by atoms with Crippen LogP contribution in [0.2, 0.25) is 0 Å². The van der Waals surface area contributed by atoms with Crippen molar-refractivity contribution in [1.82, 2.24) is 5.32 Å². The first kappa shape index (κ1) is 14.9. The number of aliphatic hydroxyl groups is 1. The summed E-state index contributed by atoms with van der Waals surface area (Å²) in [7, 11) is 0. The van der Waals surface area contributed by atoms with Gasteiger partial charge in [-0.05, 0) is 48.9 Å². The second-order valence-electron chi connectivity index (χ2n) is 5.43. The summed E-state index contributed by atoms with van der Waals surface area (Å²) in [6.45, 7) is 3.91. The van der Waals surface area contributed by atoms with Crippen LogP contribution in [0.3, 0.4) is 0 Å². The van der Waals surface area contributed by atoms with E-state index in [1.165, 1.54) is 5.56 Å². The lowest BCUT2D eigenvalue weighted by molar-refractivity contribution is 0.0943. The number of fused-ring (bicyclic) bond motifs is 1. The van der Waals surface area contributed by atoms with E-state index in [-0.39, 0.29) is 12.5 Å². The summed E-state index contributed by atoms with van der Waals surface area (Å²) in [6, 6.07) is 5.83. The number of hydrogen-bond acceptors (Lipinski definition) is 3. The fourth-order valence-electron chi connectivity index (χ4n) is 2.72. The number of hydrogen-bond donors (Lipinski definition) is 3. The highest BCUT2D eigenvalue weighted by molar-refractivity contribution is 5.95. The maximum atomic E-state index is 12.2. The Hall–Kier alpha value is -1.55. The van der Waals surface area contributed by atoms with Gasteiger partial charge in [0.25, 0.3) is 5.91 Å². The largest absolute Gasteiger partial charge is 0.396 e. The molecule has 1 heterocycles. The molecule has 1 aliphatic rings. The molecular weight excluding hydrogens is 252 g/mol. The normalized spacial score (nSPS) is 14.5. The molecule has 4 heteroatoms. The highest BCUT2D eigenvalue weighted by Gasteiger charge is 2.14. The minimum Gasteiger partial charge on any atom is -0.396 e. The second-order valence-corrected chi connectivity index (χ2v) is 5.43. The van der Waals surface area contributed by atoms with E-state index >= 15 is 0 Å². The molecule has 0 aromatic heterocycles. The summed E-state index contributed by atoms with van der Waals surface area (Å²) in [6.07, 6.45) is 3.85. The van der Waals surface area contributed by atoms with Crippen molar-refractivity contribution in [1.29, 1.82) is 0 Å². The quantitative estimate of drug-likeness (QED) is 0.715. The van der Waals surface area contributed by atoms with Crippen molar-refractivity contribution in [3.8, 4) is 0 Å². The Morgan fingerprint density at radius 1 is 1.45 bits per heavy atom. The van der Waals surface area contributed by atoms with Crippen LogP contribution in [0.25, 0.3) is 0 Å². The molecule has 0 saturated carbocycles. The molecule has 1 unspecified atom stereocenters. The number of anilines is 1. The zero-order valence-electron chi connectivity index (χ0n) is 12.1. The molecule has 1 atom stereocenters. The molecule has 2 rings (SSSR count). The summed E-state index contributed by atoms with van der Waals surface area (Å²) in [5, 5.41) is 15.3. The topological polar surface area (TPSA) is 61.4 Å². The van der Waals surface area contributed by atoms with Crippen LogP contribution in [0.15, 0.2) is 18.2 Å². The van der Waals surface area contributed by atoms with Gasteiger partial charge in [-0.15, -0.1) is 0 Å². The second kappa shape index (κ2) is 7.29. The van der Waals surface area contributed by atoms with Gasteiger partial charge in [-0.25, -0.2) is 0 Å². The van der Waals surface area contributed by atoms with E-state index in [0.717, 1.165) is 43.5 Å². The zero-order valence-corrected chi connectivity index (χ0v) is 12.1. The van der Waals surface area contributed by atoms with Gasteiger partial charge in [0.2, 0.25) is 0 Å². The number of nitrogens with one attached hydrogen (secondary N) is 2. The van der Waals surface area contributed by atoms with Gasteiger partial charge in [-0.3, -0.25) is 4.79 Å². The number of carbonyl (C=O) groups excluding carboxylic acids is 1. The average Bonchev–Trinajstić information content (AvgIpc) is 2.92. The molecular formula is C16H24N2O2. The fraction of sp³-hybridized carbons (Fsp3) is 0.562. The highest BCUT2D eigenvalue weighted by Crippen LogP contribution is 2.23. The molecule has 0 saturated heterocycles. The molecule has 3 N–H and O–H groups in total. The maximum Gasteiger partial charge on any atom is 0.251 e. The van der Waals surface area contributed by atoms with Crippen LogP contribution < -0.4 is 10.6 Å². The van der Waals surface area contributed by atoms with Crippen molar-refractivity contribution in [2.75, 3.05) is 25.0 Å². The van der Waals surface area contributed by atoms with Crippen LogP contribution >= 0.6 is 0 Å².